The largest absolute Gasteiger partial charge is 0.395 e. The zero-order chi connectivity index (χ0) is 25.3. The molecule has 1 aromatic carbocycles. The summed E-state index contributed by atoms with van der Waals surface area (Å²) in [4.78, 5) is 2.03. The Kier molecular flexibility index (Phi) is 23.0. The molecule has 0 amide bonds. The van der Waals surface area contributed by atoms with Crippen molar-refractivity contribution in [2.75, 3.05) is 46.1 Å². The van der Waals surface area contributed by atoms with Gasteiger partial charge < -0.3 is 15.3 Å². The normalized spacial score (nSPS) is 11.4. The van der Waals surface area contributed by atoms with E-state index < -0.39 is 10.1 Å². The minimum atomic E-state index is -3.57. The molecule has 0 bridgehead atoms. The Labute approximate surface area is 208 Å². The molecule has 0 aromatic heterocycles. The van der Waals surface area contributed by atoms with Crippen LogP contribution < -0.4 is 0 Å². The second kappa shape index (κ2) is 23.7. The van der Waals surface area contributed by atoms with Gasteiger partial charge >= 0.3 is 0 Å². The Morgan fingerprint density at radius 2 is 1.09 bits per heavy atom. The van der Waals surface area contributed by atoms with Gasteiger partial charge in [0.1, 0.15) is 0 Å². The number of benzene rings is 1. The fraction of sp³-hybridized carbons (Fsp3) is 0.769. The predicted molar refractivity (Wildman–Crippen MR) is 138 cm³/mol. The van der Waals surface area contributed by atoms with Crippen LogP contribution in [0.2, 0.25) is 0 Å². The van der Waals surface area contributed by atoms with Crippen LogP contribution in [0.15, 0.2) is 35.2 Å². The highest BCUT2D eigenvalue weighted by molar-refractivity contribution is 7.86. The van der Waals surface area contributed by atoms with Crippen molar-refractivity contribution in [3.8, 4) is 0 Å². The zero-order valence-electron chi connectivity index (χ0n) is 21.2. The van der Waals surface area contributed by atoms with Crippen molar-refractivity contribution in [3.63, 3.8) is 0 Å². The van der Waals surface area contributed by atoms with Gasteiger partial charge in [0.15, 0.2) is 0 Å². The van der Waals surface area contributed by atoms with Gasteiger partial charge in [0, 0.05) is 19.6 Å². The first-order valence-electron chi connectivity index (χ1n) is 13.0. The lowest BCUT2D eigenvalue weighted by atomic mass is 10.1. The third-order valence-corrected chi connectivity index (χ3v) is 6.84. The van der Waals surface area contributed by atoms with Gasteiger partial charge in [-0.2, -0.15) is 8.42 Å². The van der Waals surface area contributed by atoms with Crippen molar-refractivity contribution >= 4 is 10.1 Å². The Morgan fingerprint density at radius 1 is 0.676 bits per heavy atom. The molecule has 0 spiro atoms. The minimum absolute atomic E-state index is 0.0694. The van der Waals surface area contributed by atoms with Gasteiger partial charge in [-0.15, -0.1) is 0 Å². The minimum Gasteiger partial charge on any atom is -0.395 e. The van der Waals surface area contributed by atoms with Crippen LogP contribution in [0.5, 0.6) is 0 Å². The molecule has 34 heavy (non-hydrogen) atoms. The quantitative estimate of drug-likeness (QED) is 0.169. The maximum absolute atomic E-state index is 11.9. The summed E-state index contributed by atoms with van der Waals surface area (Å²) in [6, 6.07) is 8.35. The number of unbranched alkanes of at least 4 members (excludes halogenated alkanes) is 11. The third kappa shape index (κ3) is 19.3. The molecule has 0 aliphatic heterocycles. The summed E-state index contributed by atoms with van der Waals surface area (Å²) in [5.74, 6) is 0. The number of hydrogen-bond donors (Lipinski definition) is 3. The average molecular weight is 504 g/mol. The molecular formula is C26H49NO6S. The van der Waals surface area contributed by atoms with Gasteiger partial charge in [0.2, 0.25) is 0 Å². The van der Waals surface area contributed by atoms with Crippen LogP contribution in [0, 0.1) is 0 Å². The molecule has 7 nitrogen and oxygen atoms in total. The Balaban J connectivity index is 0.000000916. The molecule has 1 aromatic rings. The molecule has 8 heteroatoms. The first-order valence-corrected chi connectivity index (χ1v) is 14.4. The van der Waals surface area contributed by atoms with Crippen LogP contribution in [-0.4, -0.2) is 74.7 Å². The molecule has 0 aliphatic carbocycles. The summed E-state index contributed by atoms with van der Waals surface area (Å²) in [6.45, 7) is 4.29. The maximum atomic E-state index is 11.9. The van der Waals surface area contributed by atoms with Crippen LogP contribution >= 0.6 is 0 Å². The van der Waals surface area contributed by atoms with E-state index in [1.807, 2.05) is 0 Å². The van der Waals surface area contributed by atoms with Crippen LogP contribution in [-0.2, 0) is 14.3 Å². The first-order chi connectivity index (χ1) is 16.5. The van der Waals surface area contributed by atoms with E-state index in [9.17, 15) is 8.42 Å². The van der Waals surface area contributed by atoms with E-state index in [2.05, 4.69) is 6.92 Å². The molecular weight excluding hydrogens is 454 g/mol. The Morgan fingerprint density at radius 3 is 1.50 bits per heavy atom. The highest BCUT2D eigenvalue weighted by atomic mass is 32.2. The van der Waals surface area contributed by atoms with Gasteiger partial charge in [-0.25, -0.2) is 0 Å². The van der Waals surface area contributed by atoms with Crippen molar-refractivity contribution in [2.24, 2.45) is 0 Å². The molecule has 3 N–H and O–H groups in total. The fourth-order valence-corrected chi connectivity index (χ4v) is 4.49. The highest BCUT2D eigenvalue weighted by Crippen LogP contribution is 2.14. The lowest BCUT2D eigenvalue weighted by molar-refractivity contribution is 0.136. The monoisotopic (exact) mass is 503 g/mol. The SMILES string of the molecule is CCCCCCCCCCCCCCOS(=O)(=O)c1ccccc1.OCCN(CCO)CCO. The fourth-order valence-electron chi connectivity index (χ4n) is 3.53. The molecule has 0 unspecified atom stereocenters. The third-order valence-electron chi connectivity index (χ3n) is 5.52. The van der Waals surface area contributed by atoms with E-state index in [0.717, 1.165) is 12.8 Å². The maximum Gasteiger partial charge on any atom is 0.296 e. The van der Waals surface area contributed by atoms with E-state index in [1.54, 1.807) is 35.2 Å². The summed E-state index contributed by atoms with van der Waals surface area (Å²) >= 11 is 0. The molecule has 0 radical (unpaired) electrons. The van der Waals surface area contributed by atoms with Crippen molar-refractivity contribution < 1.29 is 27.9 Å². The number of aliphatic hydroxyl groups is 3. The first kappa shape index (κ1) is 33.0. The summed E-state index contributed by atoms with van der Waals surface area (Å²) in [5, 5.41) is 25.5. The molecule has 1 rings (SSSR count). The van der Waals surface area contributed by atoms with Crippen LogP contribution in [0.4, 0.5) is 0 Å². The van der Waals surface area contributed by atoms with Crippen molar-refractivity contribution in [3.05, 3.63) is 30.3 Å². The molecule has 0 fully saturated rings. The van der Waals surface area contributed by atoms with Gasteiger partial charge in [0.05, 0.1) is 31.3 Å². The van der Waals surface area contributed by atoms with Crippen molar-refractivity contribution in [1.29, 1.82) is 0 Å². The second-order valence-electron chi connectivity index (χ2n) is 8.49. The molecule has 0 heterocycles. The summed E-state index contributed by atoms with van der Waals surface area (Å²) < 4.78 is 28.9. The Hall–Kier alpha value is -1.03. The number of aliphatic hydroxyl groups excluding tert-OH is 3. The molecule has 0 saturated heterocycles. The van der Waals surface area contributed by atoms with E-state index in [-0.39, 0.29) is 31.3 Å². The number of nitrogens with zero attached hydrogens (tertiary/aromatic N) is 1. The molecule has 0 saturated carbocycles. The van der Waals surface area contributed by atoms with E-state index in [0.29, 0.717) is 19.6 Å². The average Bonchev–Trinajstić information content (AvgIpc) is 2.83. The van der Waals surface area contributed by atoms with Gasteiger partial charge in [0.25, 0.3) is 10.1 Å². The van der Waals surface area contributed by atoms with Crippen LogP contribution in [0.25, 0.3) is 0 Å². The summed E-state index contributed by atoms with van der Waals surface area (Å²) in [6.07, 6.45) is 15.1. The topological polar surface area (TPSA) is 107 Å². The van der Waals surface area contributed by atoms with Gasteiger partial charge in [-0.1, -0.05) is 95.8 Å². The predicted octanol–water partition coefficient (Wildman–Crippen LogP) is 4.36. The smallest absolute Gasteiger partial charge is 0.296 e. The van der Waals surface area contributed by atoms with Gasteiger partial charge in [-0.3, -0.25) is 9.08 Å². The van der Waals surface area contributed by atoms with Crippen LogP contribution in [0.3, 0.4) is 0 Å². The zero-order valence-corrected chi connectivity index (χ0v) is 22.1. The lowest BCUT2D eigenvalue weighted by Gasteiger charge is -2.17. The summed E-state index contributed by atoms with van der Waals surface area (Å²) in [5.41, 5.74) is 0. The highest BCUT2D eigenvalue weighted by Gasteiger charge is 2.13. The molecule has 0 atom stereocenters. The van der Waals surface area contributed by atoms with Crippen molar-refractivity contribution in [2.45, 2.75) is 88.9 Å². The van der Waals surface area contributed by atoms with Crippen LogP contribution in [0.1, 0.15) is 84.0 Å². The van der Waals surface area contributed by atoms with Crippen molar-refractivity contribution in [1.82, 2.24) is 4.90 Å². The van der Waals surface area contributed by atoms with Gasteiger partial charge in [-0.05, 0) is 18.6 Å². The van der Waals surface area contributed by atoms with E-state index in [1.165, 1.54) is 64.2 Å². The lowest BCUT2D eigenvalue weighted by Crippen LogP contribution is -2.32. The molecule has 200 valence electrons. The van der Waals surface area contributed by atoms with E-state index >= 15 is 0 Å². The number of rotatable bonds is 21. The standard InChI is InChI=1S/C20H34O3S.C6H15NO3/c1-2-3-4-5-6-7-8-9-10-11-12-16-19-23-24(21,22)20-17-14-13-15-18-20;8-4-1-7(2-5-9)3-6-10/h13-15,17-18H,2-12,16,19H2,1H3;8-10H,1-6H2. The number of hydrogen-bond acceptors (Lipinski definition) is 7. The van der Waals surface area contributed by atoms with E-state index in [4.69, 9.17) is 19.5 Å². The molecule has 0 aliphatic rings. The summed E-state index contributed by atoms with van der Waals surface area (Å²) in [7, 11) is -3.57. The Bertz CT molecular complexity index is 628. The second-order valence-corrected chi connectivity index (χ2v) is 10.1.